The molecule has 0 bridgehead atoms. The fourth-order valence-corrected chi connectivity index (χ4v) is 3.62. The molecule has 5 nitrogen and oxygen atoms in total. The van der Waals surface area contributed by atoms with Crippen molar-refractivity contribution >= 4 is 28.2 Å². The van der Waals surface area contributed by atoms with Crippen LogP contribution < -0.4 is 10.6 Å². The van der Waals surface area contributed by atoms with Crippen LogP contribution in [0, 0.1) is 12.3 Å². The van der Waals surface area contributed by atoms with E-state index in [4.69, 9.17) is 11.2 Å². The smallest absolute Gasteiger partial charge is 0.341 e. The number of hydrogen-bond acceptors (Lipinski definition) is 5. The molecule has 0 saturated heterocycles. The van der Waals surface area contributed by atoms with Gasteiger partial charge < -0.3 is 10.1 Å². The summed E-state index contributed by atoms with van der Waals surface area (Å²) in [4.78, 5) is 25.1. The first-order valence-corrected chi connectivity index (χ1v) is 7.74. The summed E-state index contributed by atoms with van der Waals surface area (Å²) in [7, 11) is 0. The number of aryl methyl sites for hydroxylation is 1. The molecule has 21 heavy (non-hydrogen) atoms. The molecule has 0 atom stereocenters. The number of hydrogen-bond donors (Lipinski definition) is 2. The third-order valence-electron chi connectivity index (χ3n) is 3.17. The van der Waals surface area contributed by atoms with Gasteiger partial charge in [0, 0.05) is 4.88 Å². The summed E-state index contributed by atoms with van der Waals surface area (Å²) < 4.78 is 5.11. The molecule has 1 aliphatic carbocycles. The summed E-state index contributed by atoms with van der Waals surface area (Å²) in [6, 6.07) is 0. The number of ether oxygens (including phenoxy) is 1. The van der Waals surface area contributed by atoms with Crippen LogP contribution in [-0.2, 0) is 22.4 Å². The lowest BCUT2D eigenvalue weighted by molar-refractivity contribution is -0.115. The quantitative estimate of drug-likeness (QED) is 0.476. The van der Waals surface area contributed by atoms with Crippen LogP contribution in [0.2, 0.25) is 0 Å². The standard InChI is InChI=1S/C15H18N2O3S/c1-3-8-16-9-12(18)17-14-13(15(19)20-4-2)10-6-5-7-11(10)21-14/h1,16H,4-9H2,2H3,(H,17,18). The lowest BCUT2D eigenvalue weighted by Gasteiger charge is -2.08. The molecule has 0 fully saturated rings. The number of carbonyl (C=O) groups is 2. The summed E-state index contributed by atoms with van der Waals surface area (Å²) in [5, 5.41) is 6.19. The summed E-state index contributed by atoms with van der Waals surface area (Å²) in [6.07, 6.45) is 7.98. The predicted molar refractivity (Wildman–Crippen MR) is 82.6 cm³/mol. The molecule has 1 aromatic rings. The second kappa shape index (κ2) is 7.25. The highest BCUT2D eigenvalue weighted by Gasteiger charge is 2.28. The lowest BCUT2D eigenvalue weighted by atomic mass is 10.1. The van der Waals surface area contributed by atoms with E-state index in [9.17, 15) is 9.59 Å². The maximum Gasteiger partial charge on any atom is 0.341 e. The van der Waals surface area contributed by atoms with Crippen LogP contribution in [0.3, 0.4) is 0 Å². The van der Waals surface area contributed by atoms with E-state index in [2.05, 4.69) is 16.6 Å². The first-order valence-electron chi connectivity index (χ1n) is 6.93. The minimum atomic E-state index is -0.358. The van der Waals surface area contributed by atoms with E-state index in [1.807, 2.05) is 0 Å². The fourth-order valence-electron chi connectivity index (χ4n) is 2.33. The van der Waals surface area contributed by atoms with E-state index >= 15 is 0 Å². The Morgan fingerprint density at radius 2 is 2.24 bits per heavy atom. The Bertz CT molecular complexity index is 586. The number of fused-ring (bicyclic) bond motifs is 1. The van der Waals surface area contributed by atoms with Gasteiger partial charge in [-0.25, -0.2) is 4.79 Å². The zero-order valence-electron chi connectivity index (χ0n) is 12.0. The Labute approximate surface area is 128 Å². The largest absolute Gasteiger partial charge is 0.462 e. The Hall–Kier alpha value is -1.84. The fraction of sp³-hybridized carbons (Fsp3) is 0.467. The molecule has 0 radical (unpaired) electrons. The molecule has 0 aromatic carbocycles. The van der Waals surface area contributed by atoms with Crippen LogP contribution in [0.4, 0.5) is 5.00 Å². The van der Waals surface area contributed by atoms with E-state index < -0.39 is 0 Å². The van der Waals surface area contributed by atoms with Crippen LogP contribution in [-0.4, -0.2) is 31.6 Å². The van der Waals surface area contributed by atoms with E-state index in [1.54, 1.807) is 6.92 Å². The van der Waals surface area contributed by atoms with E-state index in [-0.39, 0.29) is 18.4 Å². The molecule has 1 heterocycles. The van der Waals surface area contributed by atoms with Crippen molar-refractivity contribution in [3.63, 3.8) is 0 Å². The van der Waals surface area contributed by atoms with Crippen molar-refractivity contribution in [3.05, 3.63) is 16.0 Å². The average molecular weight is 306 g/mol. The van der Waals surface area contributed by atoms with Gasteiger partial charge in [-0.05, 0) is 31.7 Å². The SMILES string of the molecule is C#CCNCC(=O)Nc1sc2c(c1C(=O)OCC)CCC2. The molecule has 6 heteroatoms. The van der Waals surface area contributed by atoms with Gasteiger partial charge in [0.05, 0.1) is 25.3 Å². The number of thiophene rings is 1. The summed E-state index contributed by atoms with van der Waals surface area (Å²) in [6.45, 7) is 2.54. The molecule has 1 aromatic heterocycles. The molecule has 0 aliphatic heterocycles. The minimum absolute atomic E-state index is 0.120. The Morgan fingerprint density at radius 1 is 1.43 bits per heavy atom. The van der Waals surface area contributed by atoms with E-state index in [0.717, 1.165) is 24.8 Å². The molecule has 2 N–H and O–H groups in total. The van der Waals surface area contributed by atoms with E-state index in [0.29, 0.717) is 23.7 Å². The first-order chi connectivity index (χ1) is 10.2. The summed E-state index contributed by atoms with van der Waals surface area (Å²) in [5.74, 6) is 1.83. The van der Waals surface area contributed by atoms with Crippen LogP contribution in [0.5, 0.6) is 0 Å². The predicted octanol–water partition coefficient (Wildman–Crippen LogP) is 1.57. The zero-order valence-corrected chi connectivity index (χ0v) is 12.8. The second-order valence-corrected chi connectivity index (χ2v) is 5.74. The first kappa shape index (κ1) is 15.5. The molecular weight excluding hydrogens is 288 g/mol. The number of rotatable bonds is 6. The highest BCUT2D eigenvalue weighted by Crippen LogP contribution is 2.39. The van der Waals surface area contributed by atoms with Crippen LogP contribution >= 0.6 is 11.3 Å². The van der Waals surface area contributed by atoms with Gasteiger partial charge in [0.25, 0.3) is 0 Å². The monoisotopic (exact) mass is 306 g/mol. The van der Waals surface area contributed by atoms with Gasteiger partial charge in [-0.3, -0.25) is 10.1 Å². The van der Waals surface area contributed by atoms with Crippen molar-refractivity contribution in [3.8, 4) is 12.3 Å². The Morgan fingerprint density at radius 3 is 2.95 bits per heavy atom. The molecule has 112 valence electrons. The van der Waals surface area contributed by atoms with Gasteiger partial charge in [-0.1, -0.05) is 5.92 Å². The van der Waals surface area contributed by atoms with Gasteiger partial charge in [-0.2, -0.15) is 0 Å². The number of anilines is 1. The number of nitrogens with one attached hydrogen (secondary N) is 2. The zero-order chi connectivity index (χ0) is 15.2. The maximum atomic E-state index is 12.1. The van der Waals surface area contributed by atoms with Gasteiger partial charge in [0.2, 0.25) is 5.91 Å². The Balaban J connectivity index is 2.14. The maximum absolute atomic E-state index is 12.1. The summed E-state index contributed by atoms with van der Waals surface area (Å²) in [5.41, 5.74) is 1.56. The number of terminal acetylenes is 1. The third-order valence-corrected chi connectivity index (χ3v) is 4.37. The Kier molecular flexibility index (Phi) is 5.37. The van der Waals surface area contributed by atoms with Crippen LogP contribution in [0.25, 0.3) is 0 Å². The molecule has 1 amide bonds. The molecule has 2 rings (SSSR count). The van der Waals surface area contributed by atoms with Crippen LogP contribution in [0.1, 0.15) is 34.1 Å². The average Bonchev–Trinajstić information content (AvgIpc) is 2.99. The van der Waals surface area contributed by atoms with Crippen molar-refractivity contribution < 1.29 is 14.3 Å². The van der Waals surface area contributed by atoms with Crippen molar-refractivity contribution in [1.29, 1.82) is 0 Å². The van der Waals surface area contributed by atoms with Crippen LogP contribution in [0.15, 0.2) is 0 Å². The van der Waals surface area contributed by atoms with Crippen molar-refractivity contribution in [1.82, 2.24) is 5.32 Å². The highest BCUT2D eigenvalue weighted by molar-refractivity contribution is 7.17. The molecule has 0 unspecified atom stereocenters. The van der Waals surface area contributed by atoms with Gasteiger partial charge in [0.15, 0.2) is 0 Å². The number of esters is 1. The molecule has 0 spiro atoms. The minimum Gasteiger partial charge on any atom is -0.462 e. The number of amides is 1. The normalized spacial score (nSPS) is 12.6. The van der Waals surface area contributed by atoms with Gasteiger partial charge in [-0.15, -0.1) is 17.8 Å². The summed E-state index contributed by atoms with van der Waals surface area (Å²) >= 11 is 1.47. The van der Waals surface area contributed by atoms with Crippen molar-refractivity contribution in [2.45, 2.75) is 26.2 Å². The highest BCUT2D eigenvalue weighted by atomic mass is 32.1. The third kappa shape index (κ3) is 3.63. The van der Waals surface area contributed by atoms with Gasteiger partial charge in [0.1, 0.15) is 5.00 Å². The molecule has 1 aliphatic rings. The van der Waals surface area contributed by atoms with E-state index in [1.165, 1.54) is 16.2 Å². The lowest BCUT2D eigenvalue weighted by Crippen LogP contribution is -2.28. The van der Waals surface area contributed by atoms with Crippen molar-refractivity contribution in [2.75, 3.05) is 25.0 Å². The topological polar surface area (TPSA) is 67.4 Å². The van der Waals surface area contributed by atoms with Gasteiger partial charge >= 0.3 is 5.97 Å². The number of carbonyl (C=O) groups excluding carboxylic acids is 2. The molecule has 0 saturated carbocycles. The molecular formula is C15H18N2O3S. The van der Waals surface area contributed by atoms with Crippen molar-refractivity contribution in [2.24, 2.45) is 0 Å². The second-order valence-electron chi connectivity index (χ2n) is 4.64.